The number of carbonyl (C=O) groups excluding carboxylic acids is 1. The molecular weight excluding hydrogens is 160 g/mol. The summed E-state index contributed by atoms with van der Waals surface area (Å²) in [6.07, 6.45) is 13.8. The van der Waals surface area contributed by atoms with E-state index in [9.17, 15) is 4.79 Å². The molecule has 0 N–H and O–H groups in total. The van der Waals surface area contributed by atoms with Crippen molar-refractivity contribution in [1.82, 2.24) is 0 Å². The van der Waals surface area contributed by atoms with Gasteiger partial charge in [0.15, 0.2) is 0 Å². The molecule has 0 amide bonds. The zero-order valence-electron chi connectivity index (χ0n) is 8.12. The molecule has 0 aromatic heterocycles. The van der Waals surface area contributed by atoms with Crippen LogP contribution < -0.4 is 0 Å². The Bertz CT molecular complexity index is 236. The SMILES string of the molecule is C1=CC2=CC=C1C2.CCCCC=O. The molecule has 0 heterocycles. The lowest BCUT2D eigenvalue weighted by Crippen LogP contribution is -1.70. The minimum atomic E-state index is 0.733. The van der Waals surface area contributed by atoms with E-state index in [0.717, 1.165) is 25.5 Å². The van der Waals surface area contributed by atoms with E-state index in [0.29, 0.717) is 0 Å². The summed E-state index contributed by atoms with van der Waals surface area (Å²) in [4.78, 5) is 9.56. The van der Waals surface area contributed by atoms with Gasteiger partial charge in [-0.15, -0.1) is 0 Å². The highest BCUT2D eigenvalue weighted by Crippen LogP contribution is 2.27. The monoisotopic (exact) mass is 176 g/mol. The van der Waals surface area contributed by atoms with Gasteiger partial charge in [0.05, 0.1) is 0 Å². The molecule has 0 saturated heterocycles. The van der Waals surface area contributed by atoms with E-state index in [1.807, 2.05) is 0 Å². The third-order valence-corrected chi connectivity index (χ3v) is 2.11. The van der Waals surface area contributed by atoms with E-state index in [-0.39, 0.29) is 0 Å². The zero-order valence-corrected chi connectivity index (χ0v) is 8.12. The van der Waals surface area contributed by atoms with Gasteiger partial charge in [-0.2, -0.15) is 0 Å². The van der Waals surface area contributed by atoms with Crippen LogP contribution in [0.25, 0.3) is 0 Å². The van der Waals surface area contributed by atoms with Crippen LogP contribution in [0.5, 0.6) is 0 Å². The number of allylic oxidation sites excluding steroid dienone is 6. The molecule has 2 aliphatic rings. The fourth-order valence-electron chi connectivity index (χ4n) is 1.30. The van der Waals surface area contributed by atoms with Crippen LogP contribution in [-0.4, -0.2) is 6.29 Å². The van der Waals surface area contributed by atoms with Gasteiger partial charge in [-0.05, 0) is 24.0 Å². The van der Waals surface area contributed by atoms with Crippen LogP contribution in [0.1, 0.15) is 32.6 Å². The Balaban J connectivity index is 0.000000133. The maximum atomic E-state index is 9.56. The molecule has 70 valence electrons. The predicted molar refractivity (Wildman–Crippen MR) is 55.5 cm³/mol. The highest BCUT2D eigenvalue weighted by atomic mass is 16.1. The van der Waals surface area contributed by atoms with Crippen LogP contribution in [0.2, 0.25) is 0 Å². The second kappa shape index (κ2) is 5.52. The maximum Gasteiger partial charge on any atom is 0.119 e. The molecular formula is C12H16O. The second-order valence-corrected chi connectivity index (χ2v) is 3.30. The molecule has 0 atom stereocenters. The lowest BCUT2D eigenvalue weighted by atomic mass is 10.3. The predicted octanol–water partition coefficient (Wildman–Crippen LogP) is 3.19. The van der Waals surface area contributed by atoms with Crippen molar-refractivity contribution in [3.63, 3.8) is 0 Å². The third-order valence-electron chi connectivity index (χ3n) is 2.11. The molecule has 2 aliphatic carbocycles. The molecule has 1 heteroatoms. The third kappa shape index (κ3) is 3.41. The molecule has 0 aromatic carbocycles. The first-order chi connectivity index (χ1) is 6.36. The van der Waals surface area contributed by atoms with Gasteiger partial charge in [0, 0.05) is 6.42 Å². The van der Waals surface area contributed by atoms with Gasteiger partial charge in [0.2, 0.25) is 0 Å². The molecule has 0 aliphatic heterocycles. The number of carbonyl (C=O) groups is 1. The van der Waals surface area contributed by atoms with Gasteiger partial charge in [-0.1, -0.05) is 37.6 Å². The minimum Gasteiger partial charge on any atom is -0.303 e. The largest absolute Gasteiger partial charge is 0.303 e. The summed E-state index contributed by atoms with van der Waals surface area (Å²) in [5, 5.41) is 0. The number of rotatable bonds is 3. The van der Waals surface area contributed by atoms with Gasteiger partial charge < -0.3 is 4.79 Å². The molecule has 2 bridgehead atoms. The Hall–Kier alpha value is -1.11. The zero-order chi connectivity index (χ0) is 9.52. The number of hydrogen-bond acceptors (Lipinski definition) is 1. The Morgan fingerprint density at radius 1 is 1.31 bits per heavy atom. The molecule has 0 saturated carbocycles. The van der Waals surface area contributed by atoms with E-state index < -0.39 is 0 Å². The van der Waals surface area contributed by atoms with Crippen molar-refractivity contribution < 1.29 is 4.79 Å². The summed E-state index contributed by atoms with van der Waals surface area (Å²) in [7, 11) is 0. The maximum absolute atomic E-state index is 9.56. The molecule has 1 nitrogen and oxygen atoms in total. The van der Waals surface area contributed by atoms with E-state index in [2.05, 4.69) is 31.2 Å². The second-order valence-electron chi connectivity index (χ2n) is 3.30. The van der Waals surface area contributed by atoms with Gasteiger partial charge >= 0.3 is 0 Å². The Kier molecular flexibility index (Phi) is 4.24. The first-order valence-electron chi connectivity index (χ1n) is 4.88. The van der Waals surface area contributed by atoms with Gasteiger partial charge in [0.1, 0.15) is 6.29 Å². The normalized spacial score (nSPS) is 16.1. The molecule has 13 heavy (non-hydrogen) atoms. The van der Waals surface area contributed by atoms with Crippen molar-refractivity contribution in [3.8, 4) is 0 Å². The summed E-state index contributed by atoms with van der Waals surface area (Å²) in [6, 6.07) is 0. The summed E-state index contributed by atoms with van der Waals surface area (Å²) in [6.45, 7) is 2.07. The van der Waals surface area contributed by atoms with E-state index in [1.54, 1.807) is 0 Å². The first kappa shape index (κ1) is 9.97. The standard InChI is InChI=1S/C7H6.C5H10O/c1-2-7-4-3-6(1)5-7;1-2-3-4-5-6/h1-4H,5H2;5H,2-4H2,1H3. The van der Waals surface area contributed by atoms with Gasteiger partial charge in [0.25, 0.3) is 0 Å². The topological polar surface area (TPSA) is 17.1 Å². The van der Waals surface area contributed by atoms with E-state index in [4.69, 9.17) is 0 Å². The highest BCUT2D eigenvalue weighted by Gasteiger charge is 2.07. The van der Waals surface area contributed by atoms with Crippen LogP contribution in [0.4, 0.5) is 0 Å². The van der Waals surface area contributed by atoms with E-state index in [1.165, 1.54) is 17.6 Å². The molecule has 0 aromatic rings. The Labute approximate surface area is 79.8 Å². The van der Waals surface area contributed by atoms with Crippen molar-refractivity contribution in [2.75, 3.05) is 0 Å². The first-order valence-corrected chi connectivity index (χ1v) is 4.88. The van der Waals surface area contributed by atoms with Crippen LogP contribution >= 0.6 is 0 Å². The number of unbranched alkanes of at least 4 members (excludes halogenated alkanes) is 2. The van der Waals surface area contributed by atoms with Crippen LogP contribution in [0.15, 0.2) is 35.5 Å². The fourth-order valence-corrected chi connectivity index (χ4v) is 1.30. The summed E-state index contributed by atoms with van der Waals surface area (Å²) in [5.41, 5.74) is 2.94. The Morgan fingerprint density at radius 2 is 1.92 bits per heavy atom. The van der Waals surface area contributed by atoms with E-state index >= 15 is 0 Å². The molecule has 0 spiro atoms. The molecule has 0 fully saturated rings. The summed E-state index contributed by atoms with van der Waals surface area (Å²) >= 11 is 0. The lowest BCUT2D eigenvalue weighted by molar-refractivity contribution is -0.107. The van der Waals surface area contributed by atoms with Crippen LogP contribution in [-0.2, 0) is 4.79 Å². The molecule has 0 unspecified atom stereocenters. The number of aldehydes is 1. The van der Waals surface area contributed by atoms with Crippen molar-refractivity contribution in [2.24, 2.45) is 0 Å². The van der Waals surface area contributed by atoms with Crippen LogP contribution in [0, 0.1) is 0 Å². The van der Waals surface area contributed by atoms with Gasteiger partial charge in [-0.25, -0.2) is 0 Å². The lowest BCUT2D eigenvalue weighted by Gasteiger charge is -1.79. The highest BCUT2D eigenvalue weighted by molar-refractivity contribution is 5.49. The summed E-state index contributed by atoms with van der Waals surface area (Å²) < 4.78 is 0. The Morgan fingerprint density at radius 3 is 2.08 bits per heavy atom. The number of hydrogen-bond donors (Lipinski definition) is 0. The average Bonchev–Trinajstić information content (AvgIpc) is 2.79. The van der Waals surface area contributed by atoms with Crippen LogP contribution in [0.3, 0.4) is 0 Å². The van der Waals surface area contributed by atoms with Crippen molar-refractivity contribution in [1.29, 1.82) is 0 Å². The van der Waals surface area contributed by atoms with Crippen molar-refractivity contribution in [2.45, 2.75) is 32.6 Å². The average molecular weight is 176 g/mol. The molecule has 2 rings (SSSR count). The fraction of sp³-hybridized carbons (Fsp3) is 0.417. The van der Waals surface area contributed by atoms with Crippen molar-refractivity contribution >= 4 is 6.29 Å². The summed E-state index contributed by atoms with van der Waals surface area (Å²) in [5.74, 6) is 0. The van der Waals surface area contributed by atoms with Gasteiger partial charge in [-0.3, -0.25) is 0 Å². The number of fused-ring (bicyclic) bond motifs is 2. The minimum absolute atomic E-state index is 0.733. The van der Waals surface area contributed by atoms with Crippen molar-refractivity contribution in [3.05, 3.63) is 35.5 Å². The molecule has 0 radical (unpaired) electrons. The smallest absolute Gasteiger partial charge is 0.119 e. The quantitative estimate of drug-likeness (QED) is 0.476.